The van der Waals surface area contributed by atoms with Crippen LogP contribution in [0.4, 0.5) is 5.69 Å². The van der Waals surface area contributed by atoms with E-state index in [1.54, 1.807) is 0 Å². The van der Waals surface area contributed by atoms with Gasteiger partial charge in [0.05, 0.1) is 12.6 Å². The molecule has 0 spiro atoms. The molecule has 1 fully saturated rings. The number of benzene rings is 1. The highest BCUT2D eigenvalue weighted by Gasteiger charge is 2.25. The molecule has 1 aromatic carbocycles. The van der Waals surface area contributed by atoms with Crippen molar-refractivity contribution in [3.05, 3.63) is 28.2 Å². The number of rotatable bonds is 5. The third-order valence-electron chi connectivity index (χ3n) is 3.65. The summed E-state index contributed by atoms with van der Waals surface area (Å²) >= 11 is 3.56. The summed E-state index contributed by atoms with van der Waals surface area (Å²) < 4.78 is 1.10. The molecule has 1 aromatic rings. The zero-order valence-electron chi connectivity index (χ0n) is 11.7. The molecular formula is C15H23BrN2O. The Kier molecular flexibility index (Phi) is 5.25. The van der Waals surface area contributed by atoms with Gasteiger partial charge in [0.15, 0.2) is 0 Å². The van der Waals surface area contributed by atoms with Gasteiger partial charge in [-0.3, -0.25) is 0 Å². The molecule has 1 atom stereocenters. The zero-order chi connectivity index (χ0) is 13.8. The molecule has 0 bridgehead atoms. The van der Waals surface area contributed by atoms with Crippen molar-refractivity contribution in [3.63, 3.8) is 0 Å². The van der Waals surface area contributed by atoms with Gasteiger partial charge in [0.25, 0.3) is 0 Å². The fraction of sp³-hybridized carbons (Fsp3) is 0.600. The molecule has 1 heterocycles. The molecule has 3 nitrogen and oxygen atoms in total. The molecule has 0 aliphatic carbocycles. The first-order chi connectivity index (χ1) is 9.11. The molecule has 0 saturated carbocycles. The third kappa shape index (κ3) is 3.71. The summed E-state index contributed by atoms with van der Waals surface area (Å²) in [5.74, 6) is 0. The summed E-state index contributed by atoms with van der Waals surface area (Å²) in [6.07, 6.45) is 2.24. The van der Waals surface area contributed by atoms with E-state index in [-0.39, 0.29) is 12.6 Å². The lowest BCUT2D eigenvalue weighted by molar-refractivity contribution is 0.266. The maximum atomic E-state index is 9.51. The average Bonchev–Trinajstić information content (AvgIpc) is 2.85. The molecule has 0 radical (unpaired) electrons. The second-order valence-corrected chi connectivity index (χ2v) is 6.40. The fourth-order valence-electron chi connectivity index (χ4n) is 2.61. The predicted octanol–water partition coefficient (Wildman–Crippen LogP) is 2.91. The molecular weight excluding hydrogens is 304 g/mol. The van der Waals surface area contributed by atoms with E-state index in [9.17, 15) is 5.11 Å². The van der Waals surface area contributed by atoms with Gasteiger partial charge in [-0.15, -0.1) is 0 Å². The molecule has 19 heavy (non-hydrogen) atoms. The quantitative estimate of drug-likeness (QED) is 0.873. The summed E-state index contributed by atoms with van der Waals surface area (Å²) in [5, 5.41) is 13.0. The summed E-state index contributed by atoms with van der Waals surface area (Å²) in [5.41, 5.74) is 2.55. The van der Waals surface area contributed by atoms with Crippen LogP contribution in [0.15, 0.2) is 22.7 Å². The molecule has 106 valence electrons. The summed E-state index contributed by atoms with van der Waals surface area (Å²) in [6, 6.07) is 7.17. The average molecular weight is 327 g/mol. The largest absolute Gasteiger partial charge is 0.394 e. The van der Waals surface area contributed by atoms with Crippen LogP contribution in [-0.4, -0.2) is 30.3 Å². The summed E-state index contributed by atoms with van der Waals surface area (Å²) in [6.45, 7) is 6.46. The van der Waals surface area contributed by atoms with Crippen LogP contribution in [0.3, 0.4) is 0 Å². The Morgan fingerprint density at radius 2 is 2.26 bits per heavy atom. The Morgan fingerprint density at radius 3 is 2.95 bits per heavy atom. The van der Waals surface area contributed by atoms with Crippen molar-refractivity contribution >= 4 is 21.6 Å². The van der Waals surface area contributed by atoms with E-state index in [2.05, 4.69) is 58.2 Å². The summed E-state index contributed by atoms with van der Waals surface area (Å²) in [4.78, 5) is 2.35. The molecule has 2 N–H and O–H groups in total. The highest BCUT2D eigenvalue weighted by atomic mass is 79.9. The van der Waals surface area contributed by atoms with Crippen molar-refractivity contribution in [3.8, 4) is 0 Å². The van der Waals surface area contributed by atoms with Gasteiger partial charge in [0.2, 0.25) is 0 Å². The van der Waals surface area contributed by atoms with E-state index in [0.717, 1.165) is 30.4 Å². The van der Waals surface area contributed by atoms with Crippen LogP contribution >= 0.6 is 15.9 Å². The first-order valence-electron chi connectivity index (χ1n) is 7.01. The lowest BCUT2D eigenvalue weighted by atomic mass is 10.1. The molecule has 1 unspecified atom stereocenters. The minimum atomic E-state index is 0.240. The molecule has 1 aliphatic heterocycles. The number of nitrogens with one attached hydrogen (secondary N) is 1. The second kappa shape index (κ2) is 6.73. The van der Waals surface area contributed by atoms with Crippen molar-refractivity contribution in [2.24, 2.45) is 0 Å². The van der Waals surface area contributed by atoms with Gasteiger partial charge in [-0.2, -0.15) is 0 Å². The number of anilines is 1. The number of halogens is 1. The van der Waals surface area contributed by atoms with Gasteiger partial charge in [-0.25, -0.2) is 0 Å². The van der Waals surface area contributed by atoms with Crippen LogP contribution in [-0.2, 0) is 6.54 Å². The van der Waals surface area contributed by atoms with E-state index in [1.807, 2.05) is 0 Å². The Labute approximate surface area is 124 Å². The van der Waals surface area contributed by atoms with Crippen LogP contribution < -0.4 is 10.2 Å². The highest BCUT2D eigenvalue weighted by Crippen LogP contribution is 2.31. The van der Waals surface area contributed by atoms with Gasteiger partial charge in [-0.05, 0) is 30.5 Å². The van der Waals surface area contributed by atoms with Crippen LogP contribution in [0.1, 0.15) is 32.3 Å². The number of hydrogen-bond acceptors (Lipinski definition) is 3. The Hall–Kier alpha value is -0.580. The van der Waals surface area contributed by atoms with E-state index in [4.69, 9.17) is 0 Å². The molecule has 0 aromatic heterocycles. The lowest BCUT2D eigenvalue weighted by Gasteiger charge is -2.28. The minimum absolute atomic E-state index is 0.240. The van der Waals surface area contributed by atoms with Crippen LogP contribution in [0.5, 0.6) is 0 Å². The Balaban J connectivity index is 2.23. The zero-order valence-corrected chi connectivity index (χ0v) is 13.3. The maximum absolute atomic E-state index is 9.51. The maximum Gasteiger partial charge on any atom is 0.0635 e. The monoisotopic (exact) mass is 326 g/mol. The van der Waals surface area contributed by atoms with Gasteiger partial charge < -0.3 is 15.3 Å². The molecule has 4 heteroatoms. The fourth-order valence-corrected chi connectivity index (χ4v) is 2.96. The first-order valence-corrected chi connectivity index (χ1v) is 7.80. The summed E-state index contributed by atoms with van der Waals surface area (Å²) in [7, 11) is 0. The van der Waals surface area contributed by atoms with Crippen LogP contribution in [0.25, 0.3) is 0 Å². The normalized spacial score (nSPS) is 19.4. The molecule has 0 amide bonds. The number of aliphatic hydroxyl groups is 1. The van der Waals surface area contributed by atoms with Gasteiger partial charge in [-0.1, -0.05) is 35.8 Å². The van der Waals surface area contributed by atoms with Gasteiger partial charge in [0.1, 0.15) is 0 Å². The van der Waals surface area contributed by atoms with E-state index >= 15 is 0 Å². The Bertz CT molecular complexity index is 423. The van der Waals surface area contributed by atoms with Gasteiger partial charge in [0, 0.05) is 29.3 Å². The minimum Gasteiger partial charge on any atom is -0.394 e. The number of aliphatic hydroxyl groups excluding tert-OH is 1. The van der Waals surface area contributed by atoms with Crippen LogP contribution in [0, 0.1) is 0 Å². The highest BCUT2D eigenvalue weighted by molar-refractivity contribution is 9.10. The van der Waals surface area contributed by atoms with Crippen molar-refractivity contribution in [2.75, 3.05) is 18.1 Å². The van der Waals surface area contributed by atoms with Crippen LogP contribution in [0.2, 0.25) is 0 Å². The van der Waals surface area contributed by atoms with Gasteiger partial charge >= 0.3 is 0 Å². The molecule has 2 rings (SSSR count). The predicted molar refractivity (Wildman–Crippen MR) is 83.6 cm³/mol. The number of nitrogens with zero attached hydrogens (tertiary/aromatic N) is 1. The van der Waals surface area contributed by atoms with Crippen molar-refractivity contribution in [1.82, 2.24) is 5.32 Å². The van der Waals surface area contributed by atoms with Crippen molar-refractivity contribution in [1.29, 1.82) is 0 Å². The first kappa shape index (κ1) is 14.8. The van der Waals surface area contributed by atoms with Crippen molar-refractivity contribution in [2.45, 2.75) is 45.3 Å². The van der Waals surface area contributed by atoms with E-state index in [0.29, 0.717) is 6.04 Å². The van der Waals surface area contributed by atoms with Crippen molar-refractivity contribution < 1.29 is 5.11 Å². The molecule has 1 aliphatic rings. The van der Waals surface area contributed by atoms with E-state index < -0.39 is 0 Å². The number of hydrogen-bond donors (Lipinski definition) is 2. The molecule has 1 saturated heterocycles. The lowest BCUT2D eigenvalue weighted by Crippen LogP contribution is -2.33. The smallest absolute Gasteiger partial charge is 0.0635 e. The third-order valence-corrected chi connectivity index (χ3v) is 4.14. The SMILES string of the molecule is CC(C)NCc1ccc(Br)cc1N1CCCC1CO. The Morgan fingerprint density at radius 1 is 1.47 bits per heavy atom. The standard InChI is InChI=1S/C15H23BrN2O/c1-11(2)17-9-12-5-6-13(16)8-15(12)18-7-3-4-14(18)10-19/h5-6,8,11,14,17,19H,3-4,7,9-10H2,1-2H3. The topological polar surface area (TPSA) is 35.5 Å². The second-order valence-electron chi connectivity index (χ2n) is 5.48. The van der Waals surface area contributed by atoms with E-state index in [1.165, 1.54) is 11.3 Å².